The van der Waals surface area contributed by atoms with E-state index in [0.29, 0.717) is 11.0 Å². The van der Waals surface area contributed by atoms with Crippen molar-refractivity contribution in [2.75, 3.05) is 5.32 Å². The van der Waals surface area contributed by atoms with Crippen LogP contribution in [0.4, 0.5) is 11.4 Å². The molecule has 2 unspecified atom stereocenters. The lowest BCUT2D eigenvalue weighted by atomic mass is 10.0. The largest absolute Gasteiger partial charge is 0.325 e. The van der Waals surface area contributed by atoms with E-state index in [-0.39, 0.29) is 11.8 Å². The molecule has 7 heteroatoms. The van der Waals surface area contributed by atoms with E-state index < -0.39 is 11.3 Å². The summed E-state index contributed by atoms with van der Waals surface area (Å²) in [5.74, 6) is 0.207. The number of amides is 2. The lowest BCUT2D eigenvalue weighted by Gasteiger charge is -2.32. The van der Waals surface area contributed by atoms with Crippen LogP contribution >= 0.6 is 11.8 Å². The predicted octanol–water partition coefficient (Wildman–Crippen LogP) is 5.09. The molecule has 2 heterocycles. The number of benzene rings is 3. The van der Waals surface area contributed by atoms with Crippen LogP contribution in [0.2, 0.25) is 0 Å². The van der Waals surface area contributed by atoms with Crippen molar-refractivity contribution in [3.63, 3.8) is 0 Å². The zero-order valence-corrected chi connectivity index (χ0v) is 19.0. The quantitative estimate of drug-likeness (QED) is 0.596. The summed E-state index contributed by atoms with van der Waals surface area (Å²) in [6.07, 6.45) is 0. The summed E-state index contributed by atoms with van der Waals surface area (Å²) in [4.78, 5) is 37.1. The first-order valence-electron chi connectivity index (χ1n) is 10.7. The van der Waals surface area contributed by atoms with Crippen LogP contribution in [0.15, 0.2) is 88.8 Å². The maximum Gasteiger partial charge on any atom is 0.275 e. The Kier molecular flexibility index (Phi) is 5.56. The van der Waals surface area contributed by atoms with Gasteiger partial charge in [-0.15, -0.1) is 0 Å². The van der Waals surface area contributed by atoms with Crippen molar-refractivity contribution < 1.29 is 9.59 Å². The predicted molar refractivity (Wildman–Crippen MR) is 133 cm³/mol. The molecule has 3 aromatic carbocycles. The fraction of sp³-hybridized carbons (Fsp3) is 0.154. The SMILES string of the molecule is Cc1cccc(NC(=O)C(C)SC2=Nc3ccccc3C3=NC(=O)C(c4ccccc4)N23)c1. The third-order valence-corrected chi connectivity index (χ3v) is 6.62. The summed E-state index contributed by atoms with van der Waals surface area (Å²) < 4.78 is 0. The number of hydrogen-bond donors (Lipinski definition) is 1. The van der Waals surface area contributed by atoms with Crippen LogP contribution in [0, 0.1) is 6.92 Å². The van der Waals surface area contributed by atoms with Crippen LogP contribution in [-0.4, -0.2) is 33.0 Å². The van der Waals surface area contributed by atoms with E-state index in [1.165, 1.54) is 11.8 Å². The molecule has 2 amide bonds. The number of amidine groups is 2. The Balaban J connectivity index is 1.47. The topological polar surface area (TPSA) is 74.1 Å². The smallest absolute Gasteiger partial charge is 0.275 e. The fourth-order valence-electron chi connectivity index (χ4n) is 3.95. The van der Waals surface area contributed by atoms with Gasteiger partial charge in [0.15, 0.2) is 5.17 Å². The van der Waals surface area contributed by atoms with Crippen molar-refractivity contribution in [1.29, 1.82) is 0 Å². The second-order valence-corrected chi connectivity index (χ2v) is 9.30. The highest BCUT2D eigenvalue weighted by atomic mass is 32.2. The zero-order chi connectivity index (χ0) is 22.9. The van der Waals surface area contributed by atoms with Crippen molar-refractivity contribution in [3.8, 4) is 0 Å². The number of rotatable bonds is 4. The highest BCUT2D eigenvalue weighted by Gasteiger charge is 2.43. The van der Waals surface area contributed by atoms with E-state index in [4.69, 9.17) is 4.99 Å². The second-order valence-electron chi connectivity index (χ2n) is 7.99. The molecule has 33 heavy (non-hydrogen) atoms. The average molecular weight is 455 g/mol. The number of para-hydroxylation sites is 1. The van der Waals surface area contributed by atoms with Crippen LogP contribution < -0.4 is 5.32 Å². The number of thioether (sulfide) groups is 1. The minimum atomic E-state index is -0.604. The number of carbonyl (C=O) groups excluding carboxylic acids is 2. The van der Waals surface area contributed by atoms with E-state index in [0.717, 1.165) is 28.1 Å². The molecule has 0 saturated carbocycles. The molecule has 2 aliphatic heterocycles. The molecule has 0 fully saturated rings. The van der Waals surface area contributed by atoms with Gasteiger partial charge in [0.2, 0.25) is 5.91 Å². The Morgan fingerprint density at radius 3 is 2.55 bits per heavy atom. The monoisotopic (exact) mass is 454 g/mol. The van der Waals surface area contributed by atoms with Crippen molar-refractivity contribution in [1.82, 2.24) is 4.90 Å². The van der Waals surface area contributed by atoms with E-state index in [2.05, 4.69) is 10.3 Å². The molecule has 0 bridgehead atoms. The van der Waals surface area contributed by atoms with Gasteiger partial charge in [0.25, 0.3) is 5.91 Å². The average Bonchev–Trinajstić information content (AvgIpc) is 3.17. The third kappa shape index (κ3) is 4.07. The van der Waals surface area contributed by atoms with E-state index in [1.54, 1.807) is 0 Å². The van der Waals surface area contributed by atoms with Gasteiger partial charge in [0.1, 0.15) is 11.9 Å². The number of nitrogens with one attached hydrogen (secondary N) is 1. The highest BCUT2D eigenvalue weighted by molar-refractivity contribution is 8.14. The van der Waals surface area contributed by atoms with Crippen molar-refractivity contribution in [3.05, 3.63) is 95.6 Å². The minimum absolute atomic E-state index is 0.132. The molecule has 0 spiro atoms. The maximum atomic E-state index is 13.0. The van der Waals surface area contributed by atoms with E-state index >= 15 is 0 Å². The lowest BCUT2D eigenvalue weighted by Crippen LogP contribution is -2.40. The number of aliphatic imine (C=N–C) groups is 2. The van der Waals surface area contributed by atoms with Gasteiger partial charge >= 0.3 is 0 Å². The van der Waals surface area contributed by atoms with Gasteiger partial charge in [0, 0.05) is 11.3 Å². The molecule has 164 valence electrons. The molecule has 0 aromatic heterocycles. The van der Waals surface area contributed by atoms with Crippen LogP contribution in [0.3, 0.4) is 0 Å². The standard InChI is InChI=1S/C26H22N4O2S/c1-16-9-8-12-19(15-16)27-24(31)17(2)33-26-28-21-14-7-6-13-20(21)23-29-25(32)22(30(23)26)18-10-4-3-5-11-18/h3-15,17,22H,1-2H3,(H,27,31). The number of carbonyl (C=O) groups is 2. The number of nitrogens with zero attached hydrogens (tertiary/aromatic N) is 3. The zero-order valence-electron chi connectivity index (χ0n) is 18.2. The molecule has 0 aliphatic carbocycles. The molecule has 2 aliphatic rings. The van der Waals surface area contributed by atoms with Crippen molar-refractivity contribution in [2.24, 2.45) is 9.98 Å². The first-order chi connectivity index (χ1) is 16.0. The molecule has 6 nitrogen and oxygen atoms in total. The fourth-order valence-corrected chi connectivity index (χ4v) is 4.89. The molecule has 0 radical (unpaired) electrons. The summed E-state index contributed by atoms with van der Waals surface area (Å²) >= 11 is 1.32. The van der Waals surface area contributed by atoms with Crippen LogP contribution in [0.1, 0.15) is 29.7 Å². The van der Waals surface area contributed by atoms with E-state index in [1.807, 2.05) is 97.6 Å². The minimum Gasteiger partial charge on any atom is -0.325 e. The molecule has 0 saturated heterocycles. The molecule has 1 N–H and O–H groups in total. The van der Waals surface area contributed by atoms with Crippen LogP contribution in [-0.2, 0) is 9.59 Å². The lowest BCUT2D eigenvalue weighted by molar-refractivity contribution is -0.119. The summed E-state index contributed by atoms with van der Waals surface area (Å²) in [5.41, 5.74) is 4.21. The van der Waals surface area contributed by atoms with Crippen molar-refractivity contribution >= 4 is 46.0 Å². The number of anilines is 1. The van der Waals surface area contributed by atoms with Gasteiger partial charge in [-0.05, 0) is 49.2 Å². The summed E-state index contributed by atoms with van der Waals surface area (Å²) in [6, 6.07) is 24.3. The first kappa shape index (κ1) is 21.2. The molecule has 5 rings (SSSR count). The van der Waals surface area contributed by atoms with Gasteiger partial charge in [-0.25, -0.2) is 4.99 Å². The Morgan fingerprint density at radius 2 is 1.76 bits per heavy atom. The van der Waals surface area contributed by atoms with Gasteiger partial charge in [-0.2, -0.15) is 4.99 Å². The van der Waals surface area contributed by atoms with Crippen molar-refractivity contribution in [2.45, 2.75) is 25.1 Å². The number of hydrogen-bond acceptors (Lipinski definition) is 5. The Morgan fingerprint density at radius 1 is 1.00 bits per heavy atom. The molecular weight excluding hydrogens is 432 g/mol. The van der Waals surface area contributed by atoms with Gasteiger partial charge < -0.3 is 5.32 Å². The van der Waals surface area contributed by atoms with Crippen LogP contribution in [0.25, 0.3) is 0 Å². The summed E-state index contributed by atoms with van der Waals surface area (Å²) in [5, 5.41) is 3.11. The van der Waals surface area contributed by atoms with Gasteiger partial charge in [0.05, 0.1) is 10.9 Å². The van der Waals surface area contributed by atoms with Gasteiger partial charge in [-0.1, -0.05) is 66.4 Å². The third-order valence-electron chi connectivity index (χ3n) is 5.56. The highest BCUT2D eigenvalue weighted by Crippen LogP contribution is 2.40. The Hall–Kier alpha value is -3.71. The maximum absolute atomic E-state index is 13.0. The Bertz CT molecular complexity index is 1300. The second kappa shape index (κ2) is 8.67. The summed E-state index contributed by atoms with van der Waals surface area (Å²) in [6.45, 7) is 3.82. The first-order valence-corrected chi connectivity index (χ1v) is 11.6. The van der Waals surface area contributed by atoms with Crippen LogP contribution in [0.5, 0.6) is 0 Å². The molecule has 3 aromatic rings. The summed E-state index contributed by atoms with van der Waals surface area (Å²) in [7, 11) is 0. The normalized spacial score (nSPS) is 17.6. The number of fused-ring (bicyclic) bond motifs is 3. The molecule has 2 atom stereocenters. The molecular formula is C26H22N4O2S. The number of aryl methyl sites for hydroxylation is 1. The Labute approximate surface area is 196 Å². The van der Waals surface area contributed by atoms with Gasteiger partial charge in [-0.3, -0.25) is 14.5 Å². The van der Waals surface area contributed by atoms with E-state index in [9.17, 15) is 9.59 Å².